The Morgan fingerprint density at radius 3 is 2.39 bits per heavy atom. The monoisotopic (exact) mass is 374 g/mol. The number of nitrogens with one attached hydrogen (secondary N) is 2. The van der Waals surface area contributed by atoms with Crippen LogP contribution in [0.4, 0.5) is 5.69 Å². The van der Waals surface area contributed by atoms with Gasteiger partial charge in [-0.3, -0.25) is 14.8 Å². The molecular formula is C23H22N2O3. The minimum Gasteiger partial charge on any atom is -0.326 e. The molecule has 3 aromatic rings. The topological polar surface area (TPSA) is 78.4 Å². The van der Waals surface area contributed by atoms with Crippen LogP contribution in [0.15, 0.2) is 72.8 Å². The predicted molar refractivity (Wildman–Crippen MR) is 111 cm³/mol. The van der Waals surface area contributed by atoms with E-state index in [1.807, 2.05) is 37.3 Å². The maximum Gasteiger partial charge on any atom is 0.267 e. The van der Waals surface area contributed by atoms with Crippen molar-refractivity contribution in [3.8, 4) is 0 Å². The lowest BCUT2D eigenvalue weighted by molar-refractivity contribution is -0.124. The summed E-state index contributed by atoms with van der Waals surface area (Å²) in [5, 5.41) is 13.7. The van der Waals surface area contributed by atoms with Crippen LogP contribution in [-0.4, -0.2) is 17.0 Å². The molecule has 0 spiro atoms. The van der Waals surface area contributed by atoms with E-state index < -0.39 is 5.91 Å². The maximum atomic E-state index is 12.8. The Labute approximate surface area is 163 Å². The second kappa shape index (κ2) is 8.97. The van der Waals surface area contributed by atoms with E-state index in [1.165, 1.54) is 11.6 Å². The normalized spacial score (nSPS) is 12.1. The van der Waals surface area contributed by atoms with E-state index in [1.54, 1.807) is 30.3 Å². The fourth-order valence-corrected chi connectivity index (χ4v) is 3.11. The summed E-state index contributed by atoms with van der Waals surface area (Å²) >= 11 is 0. The smallest absolute Gasteiger partial charge is 0.267 e. The molecule has 28 heavy (non-hydrogen) atoms. The summed E-state index contributed by atoms with van der Waals surface area (Å²) in [4.78, 5) is 23.8. The van der Waals surface area contributed by atoms with Gasteiger partial charge >= 0.3 is 0 Å². The summed E-state index contributed by atoms with van der Waals surface area (Å²) in [6, 6.07) is 21.4. The Hall–Kier alpha value is -3.44. The number of rotatable bonds is 6. The van der Waals surface area contributed by atoms with Crippen molar-refractivity contribution >= 4 is 34.4 Å². The van der Waals surface area contributed by atoms with Crippen molar-refractivity contribution in [3.05, 3.63) is 83.9 Å². The SMILES string of the molecule is CCC(C(=O)Nc1ccc(C=CC(=O)NO)cc1)c1ccc2ccccc2c1. The van der Waals surface area contributed by atoms with Crippen LogP contribution in [-0.2, 0) is 9.59 Å². The molecular weight excluding hydrogens is 352 g/mol. The predicted octanol–water partition coefficient (Wildman–Crippen LogP) is 4.49. The van der Waals surface area contributed by atoms with Crippen molar-refractivity contribution in [2.45, 2.75) is 19.3 Å². The van der Waals surface area contributed by atoms with Gasteiger partial charge in [0.1, 0.15) is 0 Å². The Bertz CT molecular complexity index is 1010. The summed E-state index contributed by atoms with van der Waals surface area (Å²) in [5.74, 6) is -0.892. The van der Waals surface area contributed by atoms with E-state index in [0.29, 0.717) is 12.1 Å². The van der Waals surface area contributed by atoms with Crippen molar-refractivity contribution in [1.82, 2.24) is 5.48 Å². The minimum absolute atomic E-state index is 0.0549. The van der Waals surface area contributed by atoms with E-state index in [2.05, 4.69) is 17.4 Å². The van der Waals surface area contributed by atoms with Gasteiger partial charge in [-0.1, -0.05) is 61.5 Å². The summed E-state index contributed by atoms with van der Waals surface area (Å²) < 4.78 is 0. The van der Waals surface area contributed by atoms with Crippen LogP contribution in [0.5, 0.6) is 0 Å². The molecule has 1 unspecified atom stereocenters. The first-order valence-electron chi connectivity index (χ1n) is 9.12. The van der Waals surface area contributed by atoms with E-state index in [9.17, 15) is 9.59 Å². The fourth-order valence-electron chi connectivity index (χ4n) is 3.11. The summed E-state index contributed by atoms with van der Waals surface area (Å²) in [6.07, 6.45) is 3.49. The van der Waals surface area contributed by atoms with Gasteiger partial charge in [-0.05, 0) is 46.5 Å². The second-order valence-corrected chi connectivity index (χ2v) is 6.49. The average Bonchev–Trinajstić information content (AvgIpc) is 2.73. The molecule has 0 aliphatic rings. The molecule has 0 radical (unpaired) electrons. The van der Waals surface area contributed by atoms with Crippen LogP contribution in [0.1, 0.15) is 30.4 Å². The van der Waals surface area contributed by atoms with Crippen molar-refractivity contribution in [1.29, 1.82) is 0 Å². The number of benzene rings is 3. The van der Waals surface area contributed by atoms with Crippen LogP contribution >= 0.6 is 0 Å². The van der Waals surface area contributed by atoms with E-state index in [4.69, 9.17) is 5.21 Å². The second-order valence-electron chi connectivity index (χ2n) is 6.49. The number of hydrogen-bond acceptors (Lipinski definition) is 3. The average molecular weight is 374 g/mol. The molecule has 0 aliphatic heterocycles. The molecule has 0 bridgehead atoms. The van der Waals surface area contributed by atoms with E-state index in [0.717, 1.165) is 21.9 Å². The van der Waals surface area contributed by atoms with Crippen molar-refractivity contribution in [3.63, 3.8) is 0 Å². The maximum absolute atomic E-state index is 12.8. The van der Waals surface area contributed by atoms with Gasteiger partial charge in [-0.25, -0.2) is 5.48 Å². The number of amides is 2. The minimum atomic E-state index is -0.599. The molecule has 0 fully saturated rings. The highest BCUT2D eigenvalue weighted by Gasteiger charge is 2.19. The molecule has 3 rings (SSSR count). The standard InChI is InChI=1S/C23H22N2O3/c1-2-21(19-11-10-17-5-3-4-6-18(17)15-19)23(27)24-20-12-7-16(8-13-20)9-14-22(26)25-28/h3-15,21,28H,2H2,1H3,(H,24,27)(H,25,26). The van der Waals surface area contributed by atoms with Gasteiger partial charge in [-0.15, -0.1) is 0 Å². The number of carbonyl (C=O) groups is 2. The highest BCUT2D eigenvalue weighted by atomic mass is 16.5. The van der Waals surface area contributed by atoms with Crippen LogP contribution in [0.25, 0.3) is 16.8 Å². The van der Waals surface area contributed by atoms with Gasteiger partial charge < -0.3 is 5.32 Å². The molecule has 0 saturated carbocycles. The molecule has 3 N–H and O–H groups in total. The third-order valence-corrected chi connectivity index (χ3v) is 4.62. The van der Waals surface area contributed by atoms with Crippen molar-refractivity contribution in [2.75, 3.05) is 5.32 Å². The van der Waals surface area contributed by atoms with Gasteiger partial charge in [0.2, 0.25) is 5.91 Å². The van der Waals surface area contributed by atoms with Gasteiger partial charge in [0.05, 0.1) is 5.92 Å². The lowest BCUT2D eigenvalue weighted by Gasteiger charge is -2.16. The molecule has 5 heteroatoms. The summed E-state index contributed by atoms with van der Waals surface area (Å²) in [6.45, 7) is 2.00. The van der Waals surface area contributed by atoms with Crippen LogP contribution in [0.3, 0.4) is 0 Å². The number of hydrogen-bond donors (Lipinski definition) is 3. The van der Waals surface area contributed by atoms with Crippen molar-refractivity contribution < 1.29 is 14.8 Å². The Kier molecular flexibility index (Phi) is 6.19. The quantitative estimate of drug-likeness (QED) is 0.338. The van der Waals surface area contributed by atoms with Gasteiger partial charge in [-0.2, -0.15) is 0 Å². The zero-order valence-electron chi connectivity index (χ0n) is 15.6. The number of fused-ring (bicyclic) bond motifs is 1. The molecule has 0 heterocycles. The lowest BCUT2D eigenvalue weighted by atomic mass is 9.93. The Morgan fingerprint density at radius 1 is 1.00 bits per heavy atom. The number of anilines is 1. The van der Waals surface area contributed by atoms with Crippen LogP contribution in [0, 0.1) is 0 Å². The van der Waals surface area contributed by atoms with Crippen molar-refractivity contribution in [2.24, 2.45) is 0 Å². The first-order chi connectivity index (χ1) is 13.6. The Balaban J connectivity index is 1.72. The molecule has 0 aromatic heterocycles. The molecule has 0 saturated heterocycles. The molecule has 2 amide bonds. The molecule has 5 nitrogen and oxygen atoms in total. The number of hydroxylamine groups is 1. The molecule has 1 atom stereocenters. The molecule has 3 aromatic carbocycles. The van der Waals surface area contributed by atoms with Gasteiger partial charge in [0.25, 0.3) is 5.91 Å². The van der Waals surface area contributed by atoms with E-state index in [-0.39, 0.29) is 11.8 Å². The third-order valence-electron chi connectivity index (χ3n) is 4.62. The first-order valence-corrected chi connectivity index (χ1v) is 9.12. The first kappa shape index (κ1) is 19.3. The van der Waals surface area contributed by atoms with Crippen LogP contribution < -0.4 is 10.8 Å². The van der Waals surface area contributed by atoms with Gasteiger partial charge in [0.15, 0.2) is 0 Å². The lowest BCUT2D eigenvalue weighted by Crippen LogP contribution is -2.20. The third kappa shape index (κ3) is 4.64. The van der Waals surface area contributed by atoms with Gasteiger partial charge in [0, 0.05) is 11.8 Å². The highest BCUT2D eigenvalue weighted by molar-refractivity contribution is 5.97. The highest BCUT2D eigenvalue weighted by Crippen LogP contribution is 2.25. The zero-order valence-corrected chi connectivity index (χ0v) is 15.6. The zero-order chi connectivity index (χ0) is 19.9. The largest absolute Gasteiger partial charge is 0.326 e. The fraction of sp³-hybridized carbons (Fsp3) is 0.130. The molecule has 142 valence electrons. The summed E-state index contributed by atoms with van der Waals surface area (Å²) in [5.41, 5.74) is 4.00. The summed E-state index contributed by atoms with van der Waals surface area (Å²) in [7, 11) is 0. The van der Waals surface area contributed by atoms with E-state index >= 15 is 0 Å². The Morgan fingerprint density at radius 2 is 1.71 bits per heavy atom. The van der Waals surface area contributed by atoms with Crippen LogP contribution in [0.2, 0.25) is 0 Å². The molecule has 0 aliphatic carbocycles. The number of carbonyl (C=O) groups excluding carboxylic acids is 2.